The van der Waals surface area contributed by atoms with Crippen molar-refractivity contribution >= 4 is 34.5 Å². The summed E-state index contributed by atoms with van der Waals surface area (Å²) in [5.41, 5.74) is -0.991. The van der Waals surface area contributed by atoms with Gasteiger partial charge in [0.1, 0.15) is 11.3 Å². The minimum Gasteiger partial charge on any atom is -0.591 e. The molecule has 3 aromatic rings. The van der Waals surface area contributed by atoms with Crippen molar-refractivity contribution in [1.82, 2.24) is 19.0 Å². The lowest BCUT2D eigenvalue weighted by atomic mass is 9.90. The summed E-state index contributed by atoms with van der Waals surface area (Å²) in [7, 11) is 0. The highest BCUT2D eigenvalue weighted by molar-refractivity contribution is 7.89. The predicted octanol–water partition coefficient (Wildman–Crippen LogP) is 4.84. The average molecular weight is 513 g/mol. The number of imidazole rings is 1. The van der Waals surface area contributed by atoms with Crippen LogP contribution in [-0.2, 0) is 24.3 Å². The Hall–Kier alpha value is -2.27. The van der Waals surface area contributed by atoms with Crippen molar-refractivity contribution in [3.05, 3.63) is 70.1 Å². The molecule has 182 valence electrons. The Labute approximate surface area is 203 Å². The molecule has 0 bridgehead atoms. The molecule has 4 rings (SSSR count). The molecule has 0 saturated carbocycles. The topological polar surface area (TPSA) is 72.7 Å². The van der Waals surface area contributed by atoms with E-state index in [0.29, 0.717) is 47.9 Å². The largest absolute Gasteiger partial charge is 0.593 e. The molecule has 6 nitrogen and oxygen atoms in total. The average Bonchev–Trinajstić information content (AvgIpc) is 3.19. The molecule has 1 unspecified atom stereocenters. The third kappa shape index (κ3) is 5.35. The van der Waals surface area contributed by atoms with Gasteiger partial charge < -0.3 is 9.87 Å². The van der Waals surface area contributed by atoms with Crippen molar-refractivity contribution in [3.8, 4) is 0 Å². The molecule has 2 aromatic heterocycles. The number of benzene rings is 1. The Morgan fingerprint density at radius 3 is 2.50 bits per heavy atom. The second-order valence-corrected chi connectivity index (χ2v) is 10.1. The molecule has 1 aromatic carbocycles. The van der Waals surface area contributed by atoms with E-state index in [1.54, 1.807) is 22.7 Å². The lowest BCUT2D eigenvalue weighted by Gasteiger charge is -2.32. The standard InChI is InChI=1S/C23H24ClF3N4O2S/c1-2-19-21(31-14-18(24)7-8-20(31)29-19)22(32)28-13-15-3-5-16(6-4-15)17-9-11-30(12-10-17)34(33)23(25,26)27/h3-8,14,17H,2,9-13H2,1H3,(H,28,32). The third-order valence-corrected chi connectivity index (χ3v) is 7.45. The number of amides is 1. The maximum atomic E-state index is 12.9. The molecule has 34 heavy (non-hydrogen) atoms. The van der Waals surface area contributed by atoms with Crippen molar-refractivity contribution in [3.63, 3.8) is 0 Å². The van der Waals surface area contributed by atoms with Crippen LogP contribution < -0.4 is 5.32 Å². The number of hydrogen-bond donors (Lipinski definition) is 1. The maximum Gasteiger partial charge on any atom is 0.593 e. The van der Waals surface area contributed by atoms with Crippen molar-refractivity contribution in [2.24, 2.45) is 0 Å². The normalized spacial score (nSPS) is 16.6. The van der Waals surface area contributed by atoms with Gasteiger partial charge in [-0.2, -0.15) is 0 Å². The lowest BCUT2D eigenvalue weighted by molar-refractivity contribution is -0.0493. The zero-order chi connectivity index (χ0) is 24.5. The summed E-state index contributed by atoms with van der Waals surface area (Å²) < 4.78 is 52.2. The first kappa shape index (κ1) is 24.8. The summed E-state index contributed by atoms with van der Waals surface area (Å²) in [6, 6.07) is 11.2. The van der Waals surface area contributed by atoms with Crippen LogP contribution in [0.3, 0.4) is 0 Å². The van der Waals surface area contributed by atoms with Gasteiger partial charge in [-0.05, 0) is 48.4 Å². The summed E-state index contributed by atoms with van der Waals surface area (Å²) >= 11 is 3.14. The first-order valence-corrected chi connectivity index (χ1v) is 12.4. The maximum absolute atomic E-state index is 12.9. The number of aromatic nitrogens is 2. The number of halogens is 4. The van der Waals surface area contributed by atoms with Gasteiger partial charge >= 0.3 is 5.51 Å². The highest BCUT2D eigenvalue weighted by Crippen LogP contribution is 2.34. The molecule has 0 spiro atoms. The molecule has 1 N–H and O–H groups in total. The molecule has 1 fully saturated rings. The van der Waals surface area contributed by atoms with Crippen molar-refractivity contribution in [2.45, 2.75) is 44.2 Å². The van der Waals surface area contributed by atoms with Crippen molar-refractivity contribution < 1.29 is 22.5 Å². The van der Waals surface area contributed by atoms with E-state index < -0.39 is 16.9 Å². The SMILES string of the molecule is CCc1nc2ccc(Cl)cn2c1C(=O)NCc1ccc(C2CCN([S+]([O-])C(F)(F)F)CC2)cc1. The number of alkyl halides is 3. The number of nitrogens with zero attached hydrogens (tertiary/aromatic N) is 3. The van der Waals surface area contributed by atoms with Crippen LogP contribution in [-0.4, -0.2) is 42.7 Å². The van der Waals surface area contributed by atoms with Crippen LogP contribution in [0.2, 0.25) is 5.02 Å². The second-order valence-electron chi connectivity index (χ2n) is 8.16. The van der Waals surface area contributed by atoms with Gasteiger partial charge in [-0.15, -0.1) is 17.5 Å². The molecule has 1 saturated heterocycles. The van der Waals surface area contributed by atoms with Crippen LogP contribution >= 0.6 is 11.6 Å². The number of aryl methyl sites for hydroxylation is 1. The van der Waals surface area contributed by atoms with Crippen LogP contribution in [0.4, 0.5) is 13.2 Å². The molecular weight excluding hydrogens is 489 g/mol. The molecule has 0 radical (unpaired) electrons. The Kier molecular flexibility index (Phi) is 7.42. The van der Waals surface area contributed by atoms with E-state index in [9.17, 15) is 22.5 Å². The van der Waals surface area contributed by atoms with Gasteiger partial charge in [0.2, 0.25) is 0 Å². The number of nitrogens with one attached hydrogen (secondary N) is 1. The highest BCUT2D eigenvalue weighted by Gasteiger charge is 2.50. The number of carbonyl (C=O) groups excluding carboxylic acids is 1. The quantitative estimate of drug-likeness (QED) is 0.480. The molecule has 3 heterocycles. The van der Waals surface area contributed by atoms with Gasteiger partial charge in [0.25, 0.3) is 5.91 Å². The summed E-state index contributed by atoms with van der Waals surface area (Å²) in [5, 5.41) is 3.44. The molecule has 1 aliphatic heterocycles. The van der Waals surface area contributed by atoms with Crippen LogP contribution in [0.5, 0.6) is 0 Å². The van der Waals surface area contributed by atoms with E-state index in [-0.39, 0.29) is 24.9 Å². The van der Waals surface area contributed by atoms with Gasteiger partial charge in [-0.3, -0.25) is 9.20 Å². The molecular formula is C23H24ClF3N4O2S. The van der Waals surface area contributed by atoms with E-state index >= 15 is 0 Å². The van der Waals surface area contributed by atoms with E-state index in [1.165, 1.54) is 0 Å². The first-order valence-electron chi connectivity index (χ1n) is 10.9. The molecule has 1 amide bonds. The molecule has 0 aliphatic carbocycles. The fourth-order valence-corrected chi connectivity index (χ4v) is 5.23. The Morgan fingerprint density at radius 1 is 1.21 bits per heavy atom. The fraction of sp³-hybridized carbons (Fsp3) is 0.391. The Balaban J connectivity index is 1.37. The summed E-state index contributed by atoms with van der Waals surface area (Å²) in [6.07, 6.45) is 3.29. The zero-order valence-electron chi connectivity index (χ0n) is 18.4. The Bertz CT molecular complexity index is 1160. The van der Waals surface area contributed by atoms with Crippen LogP contribution in [0.15, 0.2) is 42.6 Å². The van der Waals surface area contributed by atoms with Gasteiger partial charge in [0.15, 0.2) is 11.4 Å². The van der Waals surface area contributed by atoms with Gasteiger partial charge in [0.05, 0.1) is 10.7 Å². The molecule has 1 aliphatic rings. The number of pyridine rings is 1. The summed E-state index contributed by atoms with van der Waals surface area (Å²) in [6.45, 7) is 2.53. The van der Waals surface area contributed by atoms with Gasteiger partial charge in [-0.25, -0.2) is 4.98 Å². The number of carbonyl (C=O) groups is 1. The minimum absolute atomic E-state index is 0.111. The van der Waals surface area contributed by atoms with E-state index in [0.717, 1.165) is 15.4 Å². The van der Waals surface area contributed by atoms with E-state index in [1.807, 2.05) is 31.2 Å². The lowest BCUT2D eigenvalue weighted by Crippen LogP contribution is -2.44. The highest BCUT2D eigenvalue weighted by atomic mass is 35.5. The smallest absolute Gasteiger partial charge is 0.591 e. The van der Waals surface area contributed by atoms with Gasteiger partial charge in [0, 0.05) is 25.8 Å². The van der Waals surface area contributed by atoms with Crippen molar-refractivity contribution in [1.29, 1.82) is 0 Å². The van der Waals surface area contributed by atoms with Crippen LogP contribution in [0.25, 0.3) is 5.65 Å². The van der Waals surface area contributed by atoms with Crippen molar-refractivity contribution in [2.75, 3.05) is 13.1 Å². The summed E-state index contributed by atoms with van der Waals surface area (Å²) in [5.74, 6) is -0.138. The third-order valence-electron chi connectivity index (χ3n) is 6.00. The molecule has 11 heteroatoms. The minimum atomic E-state index is -4.72. The molecule has 1 atom stereocenters. The Morgan fingerprint density at radius 2 is 1.88 bits per heavy atom. The monoisotopic (exact) mass is 512 g/mol. The fourth-order valence-electron chi connectivity index (χ4n) is 4.23. The number of hydrogen-bond acceptors (Lipinski definition) is 4. The van der Waals surface area contributed by atoms with E-state index in [2.05, 4.69) is 10.3 Å². The number of fused-ring (bicyclic) bond motifs is 1. The van der Waals surface area contributed by atoms with Crippen LogP contribution in [0, 0.1) is 0 Å². The predicted molar refractivity (Wildman–Crippen MR) is 125 cm³/mol. The summed E-state index contributed by atoms with van der Waals surface area (Å²) in [4.78, 5) is 17.4. The number of rotatable bonds is 6. The first-order chi connectivity index (χ1) is 16.2. The van der Waals surface area contributed by atoms with Gasteiger partial charge in [-0.1, -0.05) is 42.8 Å². The van der Waals surface area contributed by atoms with Crippen LogP contribution in [0.1, 0.15) is 53.0 Å². The second kappa shape index (κ2) is 10.2. The van der Waals surface area contributed by atoms with E-state index in [4.69, 9.17) is 11.6 Å². The zero-order valence-corrected chi connectivity index (χ0v) is 20.0. The number of piperidine rings is 1.